The van der Waals surface area contributed by atoms with Gasteiger partial charge in [-0.05, 0) is 67.5 Å². The van der Waals surface area contributed by atoms with Crippen molar-refractivity contribution in [3.63, 3.8) is 0 Å². The molecule has 0 spiro atoms. The van der Waals surface area contributed by atoms with Crippen LogP contribution in [0.3, 0.4) is 0 Å². The van der Waals surface area contributed by atoms with Crippen LogP contribution >= 0.6 is 38.7 Å². The molecule has 214 valence electrons. The van der Waals surface area contributed by atoms with Crippen LogP contribution in [0.4, 0.5) is 0 Å². The molecule has 0 aromatic heterocycles. The summed E-state index contributed by atoms with van der Waals surface area (Å²) in [4.78, 5) is 8.78. The molecule has 0 atom stereocenters. The first-order valence-electron chi connectivity index (χ1n) is 12.1. The van der Waals surface area contributed by atoms with Crippen LogP contribution in [-0.2, 0) is 58.4 Å². The van der Waals surface area contributed by atoms with E-state index in [9.17, 15) is 0 Å². The average Bonchev–Trinajstić information content (AvgIpc) is 2.84. The zero-order valence-electron chi connectivity index (χ0n) is 23.6. The third-order valence-corrected chi connectivity index (χ3v) is 5.46. The summed E-state index contributed by atoms with van der Waals surface area (Å²) in [5.41, 5.74) is 9.88. The maximum atomic E-state index is 3.60. The summed E-state index contributed by atoms with van der Waals surface area (Å²) in [5, 5.41) is 0. The van der Waals surface area contributed by atoms with Crippen LogP contribution in [0.15, 0.2) is 48.5 Å². The number of rotatable bonds is 10. The summed E-state index contributed by atoms with van der Waals surface area (Å²) in [6.45, 7) is 3.54. The molecule has 38 heavy (non-hydrogen) atoms. The summed E-state index contributed by atoms with van der Waals surface area (Å²) < 4.78 is 0. The monoisotopic (exact) mass is 1100 g/mol. The van der Waals surface area contributed by atoms with Gasteiger partial charge in [0.25, 0.3) is 0 Å². The van der Waals surface area contributed by atoms with E-state index in [2.05, 4.69) is 208 Å². The molecule has 0 aliphatic rings. The fourth-order valence-electron chi connectivity index (χ4n) is 4.28. The first kappa shape index (κ1) is 36.4. The molecule has 4 nitrogen and oxygen atoms in total. The van der Waals surface area contributed by atoms with Crippen LogP contribution in [0, 0.1) is 12.1 Å². The van der Waals surface area contributed by atoms with Crippen molar-refractivity contribution in [2.45, 2.75) is 26.2 Å². The van der Waals surface area contributed by atoms with Crippen molar-refractivity contribution in [2.24, 2.45) is 0 Å². The third-order valence-electron chi connectivity index (χ3n) is 5.46. The maximum absolute atomic E-state index is 3.60. The van der Waals surface area contributed by atoms with Gasteiger partial charge in [-0.1, -0.05) is 24.3 Å². The van der Waals surface area contributed by atoms with Gasteiger partial charge in [-0.25, -0.2) is 0 Å². The second kappa shape index (κ2) is 19.5. The molecule has 3 aromatic carbocycles. The Morgan fingerprint density at radius 3 is 0.842 bits per heavy atom. The zero-order valence-corrected chi connectivity index (χ0v) is 32.5. The fraction of sp³-hybridized carbons (Fsp3) is 0.400. The van der Waals surface area contributed by atoms with E-state index in [0.29, 0.717) is 0 Å². The van der Waals surface area contributed by atoms with Gasteiger partial charge in [0.1, 0.15) is 0 Å². The molecule has 0 amide bonds. The van der Waals surface area contributed by atoms with Crippen molar-refractivity contribution in [3.05, 3.63) is 82.9 Å². The molecule has 0 bridgehead atoms. The summed E-state index contributed by atoms with van der Waals surface area (Å²) in [7, 11) is 16.8. The fourth-order valence-corrected chi connectivity index (χ4v) is 4.28. The number of nitrogens with zero attached hydrogens (tertiary/aromatic N) is 4. The van der Waals surface area contributed by atoms with E-state index in [4.69, 9.17) is 0 Å². The first-order valence-corrected chi connectivity index (χ1v) is 25.0. The van der Waals surface area contributed by atoms with Crippen LogP contribution < -0.4 is 0 Å². The molecule has 0 aliphatic heterocycles. The Morgan fingerprint density at radius 1 is 0.447 bits per heavy atom. The van der Waals surface area contributed by atoms with Crippen LogP contribution in [0.25, 0.3) is 22.3 Å². The topological polar surface area (TPSA) is 13.0 Å². The van der Waals surface area contributed by atoms with Crippen molar-refractivity contribution in [1.82, 2.24) is 19.6 Å². The Bertz CT molecular complexity index is 945. The summed E-state index contributed by atoms with van der Waals surface area (Å²) in [5.74, 6) is 0. The molecule has 0 fully saturated rings. The second-order valence-electron chi connectivity index (χ2n) is 10.4. The van der Waals surface area contributed by atoms with Gasteiger partial charge in [-0.2, -0.15) is 36.4 Å². The quantitative estimate of drug-likeness (QED) is 0.167. The predicted octanol–water partition coefficient (Wildman–Crippen LogP) is 6.63. The van der Waals surface area contributed by atoms with Crippen LogP contribution in [0.2, 0.25) is 0 Å². The molecule has 0 unspecified atom stereocenters. The second-order valence-corrected chi connectivity index (χ2v) is 10.4. The minimum absolute atomic E-state index is 0.885. The van der Waals surface area contributed by atoms with E-state index in [0.717, 1.165) is 26.2 Å². The van der Waals surface area contributed by atoms with Gasteiger partial charge in [0.2, 0.25) is 0 Å². The summed E-state index contributed by atoms with van der Waals surface area (Å²) in [6, 6.07) is 25.3. The van der Waals surface area contributed by atoms with Gasteiger partial charge in [0.15, 0.2) is 0 Å². The average molecular weight is 1100 g/mol. The van der Waals surface area contributed by atoms with Crippen LogP contribution in [-0.4, -0.2) is 76.0 Å². The van der Waals surface area contributed by atoms with Gasteiger partial charge in [-0.3, -0.25) is 0 Å². The van der Waals surface area contributed by atoms with Gasteiger partial charge in [0.05, 0.1) is 0 Å². The zero-order chi connectivity index (χ0) is 28.8. The van der Waals surface area contributed by atoms with Gasteiger partial charge >= 0.3 is 71.0 Å². The Balaban J connectivity index is 0.00000172. The van der Waals surface area contributed by atoms with E-state index >= 15 is 0 Å². The van der Waals surface area contributed by atoms with E-state index in [-0.39, 0.29) is 0 Å². The number of hydrogen-bond donors (Lipinski definition) is 0. The predicted molar refractivity (Wildman–Crippen MR) is 173 cm³/mol. The van der Waals surface area contributed by atoms with E-state index < -0.39 is 0 Å². The Morgan fingerprint density at radius 2 is 0.658 bits per heavy atom. The number of benzene rings is 3. The number of hydrogen-bond acceptors (Lipinski definition) is 4. The van der Waals surface area contributed by atoms with Crippen molar-refractivity contribution in [2.75, 3.05) is 56.4 Å². The Hall–Kier alpha value is 0.337. The molecule has 0 radical (unpaired) electrons. The summed E-state index contributed by atoms with van der Waals surface area (Å²) >= 11 is 8.46. The van der Waals surface area contributed by atoms with Crippen LogP contribution in [0.1, 0.15) is 22.3 Å². The minimum atomic E-state index is 0.885. The summed E-state index contributed by atoms with van der Waals surface area (Å²) in [6.07, 6.45) is 0. The molecular weight excluding hydrogens is 1060 g/mol. The van der Waals surface area contributed by atoms with E-state index in [1.807, 2.05) is 0 Å². The molecule has 0 aliphatic carbocycles. The first-order chi connectivity index (χ1) is 18.1. The van der Waals surface area contributed by atoms with Gasteiger partial charge in [-0.15, -0.1) is 33.4 Å². The molecule has 0 N–H and O–H groups in total. The van der Waals surface area contributed by atoms with Crippen molar-refractivity contribution in [3.8, 4) is 22.3 Å². The normalized spacial score (nSPS) is 11.0. The van der Waals surface area contributed by atoms with Crippen molar-refractivity contribution < 1.29 is 32.3 Å². The van der Waals surface area contributed by atoms with Gasteiger partial charge in [0, 0.05) is 26.2 Å². The van der Waals surface area contributed by atoms with Gasteiger partial charge < -0.3 is 19.6 Å². The van der Waals surface area contributed by atoms with Crippen molar-refractivity contribution in [1.29, 1.82) is 0 Å². The molecule has 0 heterocycles. The van der Waals surface area contributed by atoms with E-state index in [1.165, 1.54) is 44.5 Å². The molecule has 3 aromatic rings. The Labute approximate surface area is 275 Å². The molecule has 0 saturated heterocycles. The van der Waals surface area contributed by atoms with Crippen molar-refractivity contribution >= 4 is 38.7 Å². The molecule has 0 saturated carbocycles. The SMILES string of the molecule is CN(C)Cc1[c-]c(CN(C)C)cc(-c2ccc(-c3cc(CN(C)C)[c-]c(CN(C)C)c3)cc2)c1.[I][Pt+].[I][Pt+]. The van der Waals surface area contributed by atoms with E-state index in [1.54, 1.807) is 0 Å². The third kappa shape index (κ3) is 13.3. The molecule has 8 heteroatoms. The molecular formula is C30H40I2N4Pt2. The molecule has 3 rings (SSSR count). The standard InChI is InChI=1S/C30H40N4.2HI.2Pt/c1-31(2)19-23-13-24(20-32(3)4)16-29(15-23)27-9-11-28(12-10-27)30-17-25(21-33(5)6)14-26(18-30)22-34(7)8;;;;/h9-12,15-18H,19-22H2,1-8H3;2*1H;;/q-2;;;2*+2/p-2. The number of halogens is 2. The van der Waals surface area contributed by atoms with Crippen LogP contribution in [0.5, 0.6) is 0 Å². The Kier molecular flexibility index (Phi) is 18.6.